The van der Waals surface area contributed by atoms with Gasteiger partial charge in [0.1, 0.15) is 12.1 Å². The van der Waals surface area contributed by atoms with Gasteiger partial charge in [-0.25, -0.2) is 9.71 Å². The summed E-state index contributed by atoms with van der Waals surface area (Å²) in [5.74, 6) is -0.605. The summed E-state index contributed by atoms with van der Waals surface area (Å²) in [4.78, 5) is 29.2. The van der Waals surface area contributed by atoms with Crippen molar-refractivity contribution >= 4 is 44.5 Å². The molecule has 1 aromatic carbocycles. The Balaban J connectivity index is 1.04. The Hall–Kier alpha value is -2.97. The van der Waals surface area contributed by atoms with E-state index in [1.807, 2.05) is 10.8 Å². The Kier molecular flexibility index (Phi) is 8.47. The van der Waals surface area contributed by atoms with E-state index >= 15 is 0 Å². The number of fused-ring (bicyclic) bond motifs is 1. The first-order valence-electron chi connectivity index (χ1n) is 12.8. The van der Waals surface area contributed by atoms with E-state index in [4.69, 9.17) is 34.6 Å². The van der Waals surface area contributed by atoms with Crippen LogP contribution in [0.1, 0.15) is 48.0 Å². The lowest BCUT2D eigenvalue weighted by Gasteiger charge is -2.57. The molecule has 1 spiro atoms. The van der Waals surface area contributed by atoms with Gasteiger partial charge in [0.15, 0.2) is 17.2 Å². The molecule has 2 fully saturated rings. The summed E-state index contributed by atoms with van der Waals surface area (Å²) in [5.41, 5.74) is 1.60. The smallest absolute Gasteiger partial charge is 0.297 e. The van der Waals surface area contributed by atoms with Crippen LogP contribution in [0, 0.1) is 5.41 Å². The lowest BCUT2D eigenvalue weighted by molar-refractivity contribution is -0.124. The maximum atomic E-state index is 12.6. The number of carbonyl (C=O) groups excluding carboxylic acids is 2. The largest absolute Gasteiger partial charge is 0.440 e. The molecule has 0 radical (unpaired) electrons. The van der Waals surface area contributed by atoms with Crippen LogP contribution >= 0.6 is 11.6 Å². The third-order valence-corrected chi connectivity index (χ3v) is 8.60. The summed E-state index contributed by atoms with van der Waals surface area (Å²) < 4.78 is 53.0. The number of oxazole rings is 1. The topological polar surface area (TPSA) is 159 Å². The molecule has 2 aliphatic rings. The molecule has 2 amide bonds. The van der Waals surface area contributed by atoms with Gasteiger partial charge in [0.05, 0.1) is 26.4 Å². The molecule has 0 aliphatic heterocycles. The number of nitrogens with one attached hydrogen (secondary N) is 2. The highest BCUT2D eigenvalue weighted by Gasteiger charge is 2.54. The van der Waals surface area contributed by atoms with Crippen LogP contribution in [0.4, 0.5) is 0 Å². The molecule has 2 aliphatic carbocycles. The fourth-order valence-corrected chi connectivity index (χ4v) is 6.35. The van der Waals surface area contributed by atoms with Gasteiger partial charge in [0.25, 0.3) is 21.8 Å². The number of hydrogen-bond acceptors (Lipinski definition) is 10. The number of carbonyl (C=O) groups is 2. The van der Waals surface area contributed by atoms with Crippen molar-refractivity contribution in [2.45, 2.75) is 42.7 Å². The van der Waals surface area contributed by atoms with Crippen molar-refractivity contribution in [3.63, 3.8) is 0 Å². The molecule has 0 saturated heterocycles. The number of sulfonamides is 1. The number of nitrogens with zero attached hydrogens (tertiary/aromatic N) is 1. The molecule has 40 heavy (non-hydrogen) atoms. The summed E-state index contributed by atoms with van der Waals surface area (Å²) >= 11 is 6.03. The van der Waals surface area contributed by atoms with Crippen LogP contribution in [-0.2, 0) is 29.0 Å². The summed E-state index contributed by atoms with van der Waals surface area (Å²) in [6.45, 7) is 0.678. The van der Waals surface area contributed by atoms with Crippen LogP contribution in [0.25, 0.3) is 11.1 Å². The molecule has 12 nitrogen and oxygen atoms in total. The summed E-state index contributed by atoms with van der Waals surface area (Å²) in [5, 5.41) is 2.96. The van der Waals surface area contributed by atoms with Crippen LogP contribution in [0.5, 0.6) is 0 Å². The van der Waals surface area contributed by atoms with Crippen LogP contribution in [0.2, 0.25) is 5.02 Å². The zero-order valence-electron chi connectivity index (χ0n) is 21.8. The number of amides is 2. The molecule has 0 bridgehead atoms. The minimum atomic E-state index is -4.30. The van der Waals surface area contributed by atoms with E-state index in [1.54, 1.807) is 19.2 Å². The molecule has 3 aromatic rings. The fourth-order valence-electron chi connectivity index (χ4n) is 5.27. The summed E-state index contributed by atoms with van der Waals surface area (Å²) in [6, 6.07) is 7.71. The molecular formula is C26H30ClN3O9S. The minimum Gasteiger partial charge on any atom is -0.440 e. The average Bonchev–Trinajstić information content (AvgIpc) is 3.51. The Morgan fingerprint density at radius 2 is 1.80 bits per heavy atom. The van der Waals surface area contributed by atoms with Gasteiger partial charge < -0.3 is 28.4 Å². The van der Waals surface area contributed by atoms with E-state index in [1.165, 1.54) is 6.07 Å². The zero-order chi connectivity index (χ0) is 28.3. The highest BCUT2D eigenvalue weighted by molar-refractivity contribution is 7.89. The first-order chi connectivity index (χ1) is 19.2. The van der Waals surface area contributed by atoms with Crippen molar-refractivity contribution in [1.82, 2.24) is 15.0 Å². The number of ether oxygens (including phenoxy) is 3. The van der Waals surface area contributed by atoms with E-state index in [0.717, 1.165) is 37.3 Å². The second-order valence-electron chi connectivity index (χ2n) is 10.2. The quantitative estimate of drug-likeness (QED) is 0.281. The molecule has 14 heteroatoms. The van der Waals surface area contributed by atoms with Gasteiger partial charge in [-0.1, -0.05) is 11.6 Å². The van der Waals surface area contributed by atoms with Crippen molar-refractivity contribution in [2.75, 3.05) is 40.1 Å². The van der Waals surface area contributed by atoms with E-state index in [0.29, 0.717) is 29.7 Å². The van der Waals surface area contributed by atoms with Gasteiger partial charge in [0, 0.05) is 24.1 Å². The Morgan fingerprint density at radius 1 is 1.05 bits per heavy atom. The number of benzene rings is 1. The van der Waals surface area contributed by atoms with Crippen molar-refractivity contribution < 1.29 is 41.1 Å². The first kappa shape index (κ1) is 28.6. The lowest BCUT2D eigenvalue weighted by atomic mass is 9.50. The maximum absolute atomic E-state index is 12.6. The monoisotopic (exact) mass is 595 g/mol. The van der Waals surface area contributed by atoms with E-state index < -0.39 is 33.5 Å². The standard InChI is InChI=1S/C26H30ClN3O9S/c1-35-6-7-36-8-9-37-15-22(31)30-40(33,34)23-5-4-21(38-23)24(32)28-18-13-26(14-18)11-16(12-26)25-29-19-10-17(27)2-3-20(19)39-25/h2-5,10,16,18H,6-9,11-15H2,1H3,(H,28,32)(H,30,31). The van der Waals surface area contributed by atoms with Crippen molar-refractivity contribution in [2.24, 2.45) is 5.41 Å². The lowest BCUT2D eigenvalue weighted by Crippen LogP contribution is -2.55. The van der Waals surface area contributed by atoms with Gasteiger partial charge in [0.2, 0.25) is 5.09 Å². The van der Waals surface area contributed by atoms with Gasteiger partial charge >= 0.3 is 0 Å². The predicted molar refractivity (Wildman–Crippen MR) is 141 cm³/mol. The normalized spacial score (nSPS) is 22.1. The highest BCUT2D eigenvalue weighted by Crippen LogP contribution is 2.61. The number of aromatic nitrogens is 1. The number of methoxy groups -OCH3 is 1. The molecule has 2 aromatic heterocycles. The molecule has 2 saturated carbocycles. The predicted octanol–water partition coefficient (Wildman–Crippen LogP) is 3.01. The van der Waals surface area contributed by atoms with Gasteiger partial charge in [-0.15, -0.1) is 0 Å². The molecule has 5 rings (SSSR count). The molecule has 2 heterocycles. The van der Waals surface area contributed by atoms with Crippen LogP contribution in [-0.4, -0.2) is 71.4 Å². The van der Waals surface area contributed by atoms with E-state index in [9.17, 15) is 18.0 Å². The van der Waals surface area contributed by atoms with Gasteiger partial charge in [-0.2, -0.15) is 8.42 Å². The van der Waals surface area contributed by atoms with Crippen molar-refractivity contribution in [3.8, 4) is 0 Å². The SMILES string of the molecule is COCCOCCOCC(=O)NS(=O)(=O)c1ccc(C(=O)NC2CC3(C2)CC(c2nc4cc(Cl)ccc4o2)C3)o1. The van der Waals surface area contributed by atoms with Crippen LogP contribution in [0.3, 0.4) is 0 Å². The molecule has 2 N–H and O–H groups in total. The second-order valence-corrected chi connectivity index (χ2v) is 12.2. The minimum absolute atomic E-state index is 0.0450. The maximum Gasteiger partial charge on any atom is 0.297 e. The number of rotatable bonds is 13. The van der Waals surface area contributed by atoms with Crippen molar-refractivity contribution in [1.29, 1.82) is 0 Å². The Labute approximate surface area is 235 Å². The fraction of sp³-hybridized carbons (Fsp3) is 0.500. The number of halogens is 1. The van der Waals surface area contributed by atoms with E-state index in [-0.39, 0.29) is 36.3 Å². The first-order valence-corrected chi connectivity index (χ1v) is 14.7. The number of furan rings is 1. The summed E-state index contributed by atoms with van der Waals surface area (Å²) in [7, 11) is -2.75. The van der Waals surface area contributed by atoms with E-state index in [2.05, 4.69) is 10.3 Å². The van der Waals surface area contributed by atoms with Crippen LogP contribution in [0.15, 0.2) is 44.3 Å². The van der Waals surface area contributed by atoms with Gasteiger partial charge in [-0.05, 0) is 61.4 Å². The highest BCUT2D eigenvalue weighted by atomic mass is 35.5. The second kappa shape index (κ2) is 11.9. The van der Waals surface area contributed by atoms with Crippen LogP contribution < -0.4 is 10.0 Å². The third-order valence-electron chi connectivity index (χ3n) is 7.12. The Morgan fingerprint density at radius 3 is 2.58 bits per heavy atom. The van der Waals surface area contributed by atoms with Crippen molar-refractivity contribution in [3.05, 3.63) is 47.0 Å². The summed E-state index contributed by atoms with van der Waals surface area (Å²) in [6.07, 6.45) is 3.46. The molecular weight excluding hydrogens is 566 g/mol. The number of hydrogen-bond donors (Lipinski definition) is 2. The third kappa shape index (κ3) is 6.50. The molecule has 0 atom stereocenters. The zero-order valence-corrected chi connectivity index (χ0v) is 23.4. The van der Waals surface area contributed by atoms with Gasteiger partial charge in [-0.3, -0.25) is 9.59 Å². The molecule has 0 unspecified atom stereocenters. The average molecular weight is 596 g/mol. The molecule has 216 valence electrons. The Bertz CT molecular complexity index is 1470.